The van der Waals surface area contributed by atoms with Crippen LogP contribution in [0.15, 0.2) is 12.2 Å². The third-order valence-corrected chi connectivity index (χ3v) is 6.36. The lowest BCUT2D eigenvalue weighted by Gasteiger charge is -2.55. The molecule has 0 aromatic heterocycles. The monoisotopic (exact) mass is 378 g/mol. The lowest BCUT2D eigenvalue weighted by atomic mass is 9.88. The van der Waals surface area contributed by atoms with E-state index in [0.29, 0.717) is 18.3 Å². The first kappa shape index (κ1) is 21.3. The standard InChI is InChI=1S/C24H42O3/c1-2-3-4-5-6-7-8-9-10-11-12-13-14-15-16-17-24-25-21-18-22(26-24)20-23(19-21)27-24/h9-10,21-23H,2-8,11-20H2,1H3/b10-9+. The van der Waals surface area contributed by atoms with Crippen molar-refractivity contribution in [3.8, 4) is 0 Å². The Bertz CT molecular complexity index is 396. The Kier molecular flexibility index (Phi) is 9.15. The third-order valence-electron chi connectivity index (χ3n) is 6.36. The zero-order valence-corrected chi connectivity index (χ0v) is 17.6. The SMILES string of the molecule is CCCCCCCC/C=C/CCCCCCCC12OC3CC(CC(C3)O1)O2. The van der Waals surface area contributed by atoms with Gasteiger partial charge in [0.1, 0.15) is 0 Å². The smallest absolute Gasteiger partial charge is 0.283 e. The summed E-state index contributed by atoms with van der Waals surface area (Å²) in [6.45, 7) is 2.28. The van der Waals surface area contributed by atoms with Crippen molar-refractivity contribution >= 4 is 0 Å². The van der Waals surface area contributed by atoms with Crippen LogP contribution in [0.5, 0.6) is 0 Å². The summed E-state index contributed by atoms with van der Waals surface area (Å²) in [4.78, 5) is 0. The molecule has 0 radical (unpaired) electrons. The van der Waals surface area contributed by atoms with Gasteiger partial charge < -0.3 is 14.2 Å². The van der Waals surface area contributed by atoms with Gasteiger partial charge in [-0.15, -0.1) is 0 Å². The number of hydrogen-bond acceptors (Lipinski definition) is 3. The van der Waals surface area contributed by atoms with Gasteiger partial charge >= 0.3 is 0 Å². The zero-order chi connectivity index (χ0) is 18.8. The molecule has 3 heteroatoms. The second-order valence-corrected chi connectivity index (χ2v) is 8.94. The average molecular weight is 379 g/mol. The van der Waals surface area contributed by atoms with Crippen LogP contribution in [0.2, 0.25) is 0 Å². The van der Waals surface area contributed by atoms with Crippen molar-refractivity contribution in [3.05, 3.63) is 12.2 Å². The number of rotatable bonds is 15. The maximum absolute atomic E-state index is 6.08. The van der Waals surface area contributed by atoms with Gasteiger partial charge in [-0.25, -0.2) is 0 Å². The normalized spacial score (nSPS) is 32.0. The zero-order valence-electron chi connectivity index (χ0n) is 17.6. The van der Waals surface area contributed by atoms with Gasteiger partial charge in [0, 0.05) is 25.7 Å². The predicted octanol–water partition coefficient (Wildman–Crippen LogP) is 7.04. The molecule has 3 aliphatic heterocycles. The second kappa shape index (κ2) is 11.6. The summed E-state index contributed by atoms with van der Waals surface area (Å²) in [5, 5.41) is 0. The molecule has 0 atom stereocenters. The lowest BCUT2D eigenvalue weighted by Crippen LogP contribution is -2.62. The van der Waals surface area contributed by atoms with E-state index in [1.54, 1.807) is 0 Å². The van der Waals surface area contributed by atoms with Crippen LogP contribution in [-0.2, 0) is 14.2 Å². The molecule has 4 bridgehead atoms. The summed E-state index contributed by atoms with van der Waals surface area (Å²) in [6, 6.07) is 0. The first-order valence-corrected chi connectivity index (χ1v) is 12.0. The van der Waals surface area contributed by atoms with Crippen LogP contribution in [0.3, 0.4) is 0 Å². The molecule has 4 fully saturated rings. The number of unbranched alkanes of at least 4 members (excludes halogenated alkanes) is 11. The van der Waals surface area contributed by atoms with E-state index in [0.717, 1.165) is 32.1 Å². The molecular formula is C24H42O3. The van der Waals surface area contributed by atoms with Crippen molar-refractivity contribution in [2.45, 2.75) is 140 Å². The van der Waals surface area contributed by atoms with E-state index in [9.17, 15) is 0 Å². The maximum atomic E-state index is 6.08. The van der Waals surface area contributed by atoms with Gasteiger partial charge in [0.15, 0.2) is 0 Å². The second-order valence-electron chi connectivity index (χ2n) is 8.94. The van der Waals surface area contributed by atoms with E-state index in [4.69, 9.17) is 14.2 Å². The Morgan fingerprint density at radius 2 is 1.07 bits per heavy atom. The topological polar surface area (TPSA) is 27.7 Å². The van der Waals surface area contributed by atoms with Crippen LogP contribution in [0.1, 0.15) is 116 Å². The van der Waals surface area contributed by atoms with E-state index in [1.807, 2.05) is 0 Å². The van der Waals surface area contributed by atoms with Crippen molar-refractivity contribution in [3.63, 3.8) is 0 Å². The largest absolute Gasteiger partial charge is 0.324 e. The highest BCUT2D eigenvalue weighted by Crippen LogP contribution is 2.46. The minimum atomic E-state index is -0.673. The third kappa shape index (κ3) is 7.18. The molecule has 0 spiro atoms. The van der Waals surface area contributed by atoms with E-state index in [1.165, 1.54) is 77.0 Å². The van der Waals surface area contributed by atoms with Crippen LogP contribution in [0, 0.1) is 0 Å². The Labute approximate surface area is 167 Å². The summed E-state index contributed by atoms with van der Waals surface area (Å²) in [7, 11) is 0. The molecule has 3 heterocycles. The van der Waals surface area contributed by atoms with Gasteiger partial charge in [0.25, 0.3) is 5.97 Å². The van der Waals surface area contributed by atoms with Crippen LogP contribution < -0.4 is 0 Å². The fourth-order valence-corrected chi connectivity index (χ4v) is 4.89. The fraction of sp³-hybridized carbons (Fsp3) is 0.917. The van der Waals surface area contributed by atoms with Crippen molar-refractivity contribution in [2.75, 3.05) is 0 Å². The van der Waals surface area contributed by atoms with E-state index in [2.05, 4.69) is 19.1 Å². The Morgan fingerprint density at radius 1 is 0.630 bits per heavy atom. The summed E-state index contributed by atoms with van der Waals surface area (Å²) in [6.07, 6.45) is 27.4. The predicted molar refractivity (Wildman–Crippen MR) is 111 cm³/mol. The van der Waals surface area contributed by atoms with Gasteiger partial charge in [-0.3, -0.25) is 0 Å². The Hall–Kier alpha value is -0.380. The summed E-state index contributed by atoms with van der Waals surface area (Å²) in [5.74, 6) is -0.673. The molecule has 1 saturated carbocycles. The van der Waals surface area contributed by atoms with Gasteiger partial charge in [-0.2, -0.15) is 0 Å². The molecule has 0 aromatic carbocycles. The molecule has 0 aromatic rings. The highest BCUT2D eigenvalue weighted by atomic mass is 16.9. The van der Waals surface area contributed by atoms with Gasteiger partial charge in [0.2, 0.25) is 0 Å². The minimum absolute atomic E-state index is 0.388. The molecule has 4 aliphatic rings. The molecule has 0 amide bonds. The molecule has 3 saturated heterocycles. The van der Waals surface area contributed by atoms with E-state index >= 15 is 0 Å². The van der Waals surface area contributed by atoms with Crippen LogP contribution in [0.4, 0.5) is 0 Å². The number of hydrogen-bond donors (Lipinski definition) is 0. The molecular weight excluding hydrogens is 336 g/mol. The molecule has 0 unspecified atom stereocenters. The molecule has 0 N–H and O–H groups in total. The molecule has 1 aliphatic carbocycles. The van der Waals surface area contributed by atoms with Crippen molar-refractivity contribution in [1.29, 1.82) is 0 Å². The Balaban J connectivity index is 1.12. The van der Waals surface area contributed by atoms with Crippen molar-refractivity contribution in [1.82, 2.24) is 0 Å². The minimum Gasteiger partial charge on any atom is -0.324 e. The summed E-state index contributed by atoms with van der Waals surface area (Å²) >= 11 is 0. The number of allylic oxidation sites excluding steroid dienone is 2. The quantitative estimate of drug-likeness (QED) is 0.226. The van der Waals surface area contributed by atoms with Gasteiger partial charge in [-0.1, -0.05) is 70.4 Å². The number of ether oxygens (including phenoxy) is 3. The molecule has 3 nitrogen and oxygen atoms in total. The lowest BCUT2D eigenvalue weighted by molar-refractivity contribution is -0.495. The first-order chi connectivity index (χ1) is 13.3. The molecule has 4 rings (SSSR count). The summed E-state index contributed by atoms with van der Waals surface area (Å²) < 4.78 is 18.2. The summed E-state index contributed by atoms with van der Waals surface area (Å²) in [5.41, 5.74) is 0. The van der Waals surface area contributed by atoms with Crippen LogP contribution in [0.25, 0.3) is 0 Å². The van der Waals surface area contributed by atoms with Crippen molar-refractivity contribution in [2.24, 2.45) is 0 Å². The van der Waals surface area contributed by atoms with Gasteiger partial charge in [-0.05, 0) is 32.1 Å². The Morgan fingerprint density at radius 3 is 1.59 bits per heavy atom. The molecule has 156 valence electrons. The van der Waals surface area contributed by atoms with Crippen LogP contribution in [-0.4, -0.2) is 24.3 Å². The molecule has 27 heavy (non-hydrogen) atoms. The van der Waals surface area contributed by atoms with Gasteiger partial charge in [0.05, 0.1) is 18.3 Å². The van der Waals surface area contributed by atoms with E-state index in [-0.39, 0.29) is 0 Å². The fourth-order valence-electron chi connectivity index (χ4n) is 4.89. The van der Waals surface area contributed by atoms with Crippen LogP contribution >= 0.6 is 0 Å². The average Bonchev–Trinajstić information content (AvgIpc) is 2.64. The van der Waals surface area contributed by atoms with E-state index < -0.39 is 5.97 Å². The highest BCUT2D eigenvalue weighted by Gasteiger charge is 2.54. The maximum Gasteiger partial charge on any atom is 0.283 e. The van der Waals surface area contributed by atoms with Crippen molar-refractivity contribution < 1.29 is 14.2 Å². The first-order valence-electron chi connectivity index (χ1n) is 12.0. The highest BCUT2D eigenvalue weighted by molar-refractivity contribution is 4.91.